The van der Waals surface area contributed by atoms with Gasteiger partial charge in [0.25, 0.3) is 0 Å². The molecule has 1 nitrogen and oxygen atoms in total. The maximum absolute atomic E-state index is 5.49. The van der Waals surface area contributed by atoms with E-state index in [-0.39, 0.29) is 5.41 Å². The summed E-state index contributed by atoms with van der Waals surface area (Å²) in [6.07, 6.45) is 5.53. The van der Waals surface area contributed by atoms with Crippen molar-refractivity contribution in [2.45, 2.75) is 26.2 Å². The number of rotatable bonds is 1. The van der Waals surface area contributed by atoms with Crippen LogP contribution in [0.25, 0.3) is 6.08 Å². The second kappa shape index (κ2) is 3.93. The minimum Gasteiger partial charge on any atom is -0.264 e. The summed E-state index contributed by atoms with van der Waals surface area (Å²) >= 11 is 5.49. The van der Waals surface area contributed by atoms with Crippen LogP contribution < -0.4 is 0 Å². The molecule has 0 N–H and O–H groups in total. The molecule has 0 aliphatic rings. The van der Waals surface area contributed by atoms with Crippen molar-refractivity contribution in [1.82, 2.24) is 4.98 Å². The van der Waals surface area contributed by atoms with Gasteiger partial charge in [0.15, 0.2) is 0 Å². The summed E-state index contributed by atoms with van der Waals surface area (Å²) in [5, 5.41) is 0. The van der Waals surface area contributed by atoms with E-state index in [4.69, 9.17) is 11.6 Å². The summed E-state index contributed by atoms with van der Waals surface area (Å²) in [6, 6.07) is 2.10. The number of pyridine rings is 1. The highest BCUT2D eigenvalue weighted by atomic mass is 35.5. The summed E-state index contributed by atoms with van der Waals surface area (Å²) in [5.74, 6) is 0. The predicted molar refractivity (Wildman–Crippen MR) is 57.8 cm³/mol. The smallest absolute Gasteiger partial charge is 0.0340 e. The van der Waals surface area contributed by atoms with Crippen molar-refractivity contribution in [3.8, 4) is 0 Å². The van der Waals surface area contributed by atoms with E-state index in [2.05, 4.69) is 31.8 Å². The Balaban J connectivity index is 3.05. The first kappa shape index (κ1) is 10.3. The van der Waals surface area contributed by atoms with Gasteiger partial charge in [-0.05, 0) is 28.7 Å². The minimum absolute atomic E-state index is 0.142. The van der Waals surface area contributed by atoms with E-state index in [0.717, 1.165) is 5.56 Å². The normalized spacial score (nSPS) is 12.3. The van der Waals surface area contributed by atoms with E-state index >= 15 is 0 Å². The topological polar surface area (TPSA) is 12.9 Å². The lowest BCUT2D eigenvalue weighted by Crippen LogP contribution is -2.11. The van der Waals surface area contributed by atoms with Crippen LogP contribution in [0.15, 0.2) is 24.0 Å². The van der Waals surface area contributed by atoms with Crippen molar-refractivity contribution in [2.24, 2.45) is 0 Å². The molecule has 0 saturated heterocycles. The molecular formula is C11H14ClN. The highest BCUT2D eigenvalue weighted by Crippen LogP contribution is 2.22. The molecule has 13 heavy (non-hydrogen) atoms. The summed E-state index contributed by atoms with van der Waals surface area (Å²) in [4.78, 5) is 4.16. The average molecular weight is 196 g/mol. The van der Waals surface area contributed by atoms with Crippen LogP contribution in [-0.4, -0.2) is 4.98 Å². The molecule has 0 radical (unpaired) electrons. The number of nitrogens with zero attached hydrogens (tertiary/aromatic N) is 1. The van der Waals surface area contributed by atoms with Gasteiger partial charge < -0.3 is 0 Å². The van der Waals surface area contributed by atoms with Gasteiger partial charge in [-0.3, -0.25) is 4.98 Å². The lowest BCUT2D eigenvalue weighted by Gasteiger charge is -2.18. The molecule has 0 atom stereocenters. The van der Waals surface area contributed by atoms with Crippen LogP contribution in [0.2, 0.25) is 0 Å². The van der Waals surface area contributed by atoms with Crippen molar-refractivity contribution in [3.05, 3.63) is 35.1 Å². The molecule has 0 bridgehead atoms. The van der Waals surface area contributed by atoms with Crippen LogP contribution >= 0.6 is 11.6 Å². The van der Waals surface area contributed by atoms with Crippen molar-refractivity contribution in [3.63, 3.8) is 0 Å². The molecule has 70 valence electrons. The molecule has 1 aromatic heterocycles. The van der Waals surface area contributed by atoms with Crippen molar-refractivity contribution in [2.75, 3.05) is 0 Å². The van der Waals surface area contributed by atoms with Crippen LogP contribution in [0, 0.1) is 0 Å². The monoisotopic (exact) mass is 195 g/mol. The van der Waals surface area contributed by atoms with Gasteiger partial charge in [0, 0.05) is 17.9 Å². The third-order valence-corrected chi connectivity index (χ3v) is 2.01. The maximum Gasteiger partial charge on any atom is 0.0340 e. The summed E-state index contributed by atoms with van der Waals surface area (Å²) in [5.41, 5.74) is 3.91. The second-order valence-electron chi connectivity index (χ2n) is 4.05. The van der Waals surface area contributed by atoms with Gasteiger partial charge in [0.2, 0.25) is 0 Å². The first-order chi connectivity index (χ1) is 6.04. The third kappa shape index (κ3) is 2.85. The Morgan fingerprint density at radius 1 is 1.31 bits per heavy atom. The first-order valence-corrected chi connectivity index (χ1v) is 4.70. The lowest BCUT2D eigenvalue weighted by molar-refractivity contribution is 0.587. The van der Waals surface area contributed by atoms with E-state index in [1.165, 1.54) is 11.1 Å². The molecular weight excluding hydrogens is 182 g/mol. The molecule has 0 amide bonds. The molecule has 0 aromatic carbocycles. The molecule has 0 aliphatic heterocycles. The van der Waals surface area contributed by atoms with Crippen molar-refractivity contribution in [1.29, 1.82) is 0 Å². The highest BCUT2D eigenvalue weighted by molar-refractivity contribution is 6.27. The van der Waals surface area contributed by atoms with Gasteiger partial charge in [-0.2, -0.15) is 0 Å². The number of hydrogen-bond donors (Lipinski definition) is 0. The van der Waals surface area contributed by atoms with E-state index in [0.29, 0.717) is 0 Å². The number of aromatic nitrogens is 1. The second-order valence-corrected chi connectivity index (χ2v) is 4.30. The van der Waals surface area contributed by atoms with Gasteiger partial charge in [-0.1, -0.05) is 32.4 Å². The third-order valence-electron chi connectivity index (χ3n) is 1.88. The lowest BCUT2D eigenvalue weighted by atomic mass is 9.88. The number of hydrogen-bond acceptors (Lipinski definition) is 1. The van der Waals surface area contributed by atoms with Crippen molar-refractivity contribution < 1.29 is 0 Å². The molecule has 0 saturated carbocycles. The van der Waals surface area contributed by atoms with Crippen LogP contribution in [0.3, 0.4) is 0 Å². The van der Waals surface area contributed by atoms with Crippen LogP contribution in [-0.2, 0) is 5.41 Å². The summed E-state index contributed by atoms with van der Waals surface area (Å²) in [7, 11) is 0. The zero-order valence-corrected chi connectivity index (χ0v) is 8.97. The fraction of sp³-hybridized carbons (Fsp3) is 0.364. The van der Waals surface area contributed by atoms with E-state index in [1.54, 1.807) is 6.20 Å². The van der Waals surface area contributed by atoms with Crippen molar-refractivity contribution >= 4 is 17.7 Å². The van der Waals surface area contributed by atoms with Gasteiger partial charge in [-0.25, -0.2) is 0 Å². The Labute approximate surface area is 84.5 Å². The summed E-state index contributed by atoms with van der Waals surface area (Å²) in [6.45, 7) is 6.49. The largest absolute Gasteiger partial charge is 0.264 e. The summed E-state index contributed by atoms with van der Waals surface area (Å²) < 4.78 is 0. The van der Waals surface area contributed by atoms with E-state index in [9.17, 15) is 0 Å². The molecule has 0 fully saturated rings. The Bertz CT molecular complexity index is 310. The molecule has 0 unspecified atom stereocenters. The first-order valence-electron chi connectivity index (χ1n) is 4.26. The number of halogens is 1. The maximum atomic E-state index is 5.49. The molecule has 1 aromatic rings. The average Bonchev–Trinajstić information content (AvgIpc) is 2.04. The zero-order valence-electron chi connectivity index (χ0n) is 8.21. The SMILES string of the molecule is CC(C)(C)c1cncc(/C=C/Cl)c1. The minimum atomic E-state index is 0.142. The zero-order chi connectivity index (χ0) is 9.90. The quantitative estimate of drug-likeness (QED) is 0.668. The van der Waals surface area contributed by atoms with Gasteiger partial charge >= 0.3 is 0 Å². The van der Waals surface area contributed by atoms with E-state index < -0.39 is 0 Å². The predicted octanol–water partition coefficient (Wildman–Crippen LogP) is 3.59. The molecule has 1 rings (SSSR count). The fourth-order valence-electron chi connectivity index (χ4n) is 1.03. The van der Waals surface area contributed by atoms with Gasteiger partial charge in [0.1, 0.15) is 0 Å². The van der Waals surface area contributed by atoms with Gasteiger partial charge in [0.05, 0.1) is 0 Å². The van der Waals surface area contributed by atoms with E-state index in [1.807, 2.05) is 12.3 Å². The van der Waals surface area contributed by atoms with Crippen LogP contribution in [0.4, 0.5) is 0 Å². The highest BCUT2D eigenvalue weighted by Gasteiger charge is 2.13. The molecule has 0 aliphatic carbocycles. The van der Waals surface area contributed by atoms with Gasteiger partial charge in [-0.15, -0.1) is 0 Å². The Hall–Kier alpha value is -0.820. The molecule has 0 spiro atoms. The molecule has 2 heteroatoms. The molecule has 1 heterocycles. The Morgan fingerprint density at radius 3 is 2.54 bits per heavy atom. The van der Waals surface area contributed by atoms with Crippen LogP contribution in [0.5, 0.6) is 0 Å². The Kier molecular flexibility index (Phi) is 3.10. The Morgan fingerprint density at radius 2 is 2.00 bits per heavy atom. The van der Waals surface area contributed by atoms with Crippen LogP contribution in [0.1, 0.15) is 31.9 Å². The standard InChI is InChI=1S/C11H14ClN/c1-11(2,3)10-6-9(4-5-12)7-13-8-10/h4-8H,1-3H3/b5-4+. The fourth-order valence-corrected chi connectivity index (χ4v) is 1.18.